The van der Waals surface area contributed by atoms with Gasteiger partial charge in [-0.15, -0.1) is 0 Å². The van der Waals surface area contributed by atoms with E-state index in [4.69, 9.17) is 11.1 Å². The molecule has 0 fully saturated rings. The molecule has 162 valence electrons. The Morgan fingerprint density at radius 3 is 2.78 bits per heavy atom. The zero-order chi connectivity index (χ0) is 22.8. The van der Waals surface area contributed by atoms with E-state index in [0.717, 1.165) is 29.6 Å². The molecule has 3 N–H and O–H groups in total. The van der Waals surface area contributed by atoms with Crippen LogP contribution in [0.25, 0.3) is 11.2 Å². The standard InChI is InChI=1S/C23H20F2N6O/c1-30(16-6-7-17(24)18(25)10-16)23(32)20-13-31-21(11-29-22(31)12-28-20)15-4-2-14(3-5-15)19(27)8-9-26/h2,4-14,26H,3,27H2,1H3/b19-8-,26-9?. The molecule has 2 aromatic heterocycles. The number of carbonyl (C=O) groups is 1. The van der Waals surface area contributed by atoms with Crippen LogP contribution in [0.1, 0.15) is 22.6 Å². The van der Waals surface area contributed by atoms with Gasteiger partial charge >= 0.3 is 0 Å². The van der Waals surface area contributed by atoms with Crippen molar-refractivity contribution in [2.45, 2.75) is 6.42 Å². The molecular formula is C23H20F2N6O. The van der Waals surface area contributed by atoms with Crippen molar-refractivity contribution in [3.8, 4) is 0 Å². The lowest BCUT2D eigenvalue weighted by Crippen LogP contribution is -2.27. The second-order valence-corrected chi connectivity index (χ2v) is 7.30. The van der Waals surface area contributed by atoms with Crippen LogP contribution >= 0.6 is 0 Å². The summed E-state index contributed by atoms with van der Waals surface area (Å²) in [5, 5.41) is 7.15. The summed E-state index contributed by atoms with van der Waals surface area (Å²) < 4.78 is 28.6. The van der Waals surface area contributed by atoms with Crippen LogP contribution in [0.3, 0.4) is 0 Å². The number of nitrogens with one attached hydrogen (secondary N) is 1. The Bertz CT molecular complexity index is 1310. The Labute approximate surface area is 182 Å². The Morgan fingerprint density at radius 2 is 2.09 bits per heavy atom. The van der Waals surface area contributed by atoms with Gasteiger partial charge in [0.15, 0.2) is 17.3 Å². The number of fused-ring (bicyclic) bond motifs is 1. The number of nitrogens with zero attached hydrogens (tertiary/aromatic N) is 4. The number of hydrogen-bond acceptors (Lipinski definition) is 5. The SMILES string of the molecule is CN(C(=O)c1cn2c(C3=CCC(/C(N)=C/C=N)C=C3)cnc2cn1)c1ccc(F)c(F)c1. The van der Waals surface area contributed by atoms with E-state index in [0.29, 0.717) is 17.8 Å². The van der Waals surface area contributed by atoms with Crippen LogP contribution < -0.4 is 10.6 Å². The van der Waals surface area contributed by atoms with E-state index in [9.17, 15) is 13.6 Å². The van der Waals surface area contributed by atoms with Crippen molar-refractivity contribution < 1.29 is 13.6 Å². The van der Waals surface area contributed by atoms with E-state index < -0.39 is 17.5 Å². The highest BCUT2D eigenvalue weighted by Gasteiger charge is 2.19. The maximum Gasteiger partial charge on any atom is 0.278 e. The molecule has 1 atom stereocenters. The van der Waals surface area contributed by atoms with E-state index in [1.165, 1.54) is 24.2 Å². The van der Waals surface area contributed by atoms with Gasteiger partial charge in [-0.3, -0.25) is 9.20 Å². The normalized spacial score (nSPS) is 16.2. The highest BCUT2D eigenvalue weighted by molar-refractivity contribution is 6.04. The lowest BCUT2D eigenvalue weighted by Gasteiger charge is -2.18. The number of nitrogens with two attached hydrogens (primary N) is 1. The first-order valence-corrected chi connectivity index (χ1v) is 9.80. The van der Waals surface area contributed by atoms with Gasteiger partial charge in [0.1, 0.15) is 5.69 Å². The summed E-state index contributed by atoms with van der Waals surface area (Å²) >= 11 is 0. The minimum Gasteiger partial charge on any atom is -0.402 e. The number of amides is 1. The number of halogens is 2. The molecule has 1 aliphatic rings. The lowest BCUT2D eigenvalue weighted by molar-refractivity contribution is 0.0987. The van der Waals surface area contributed by atoms with Crippen LogP contribution in [0.2, 0.25) is 0 Å². The first-order valence-electron chi connectivity index (χ1n) is 9.80. The number of benzene rings is 1. The number of carbonyl (C=O) groups excluding carboxylic acids is 1. The summed E-state index contributed by atoms with van der Waals surface area (Å²) in [4.78, 5) is 22.7. The van der Waals surface area contributed by atoms with Gasteiger partial charge in [-0.1, -0.05) is 18.2 Å². The average Bonchev–Trinajstić information content (AvgIpc) is 3.23. The third-order valence-electron chi connectivity index (χ3n) is 5.31. The van der Waals surface area contributed by atoms with E-state index in [1.807, 2.05) is 18.2 Å². The summed E-state index contributed by atoms with van der Waals surface area (Å²) in [6, 6.07) is 3.25. The second-order valence-electron chi connectivity index (χ2n) is 7.30. The number of rotatable bonds is 5. The molecule has 9 heteroatoms. The lowest BCUT2D eigenvalue weighted by atomic mass is 9.93. The summed E-state index contributed by atoms with van der Waals surface area (Å²) in [6.07, 6.45) is 14.1. The van der Waals surface area contributed by atoms with Gasteiger partial charge in [0, 0.05) is 42.8 Å². The molecule has 0 aliphatic heterocycles. The van der Waals surface area contributed by atoms with Crippen molar-refractivity contribution in [1.82, 2.24) is 14.4 Å². The Kier molecular flexibility index (Phi) is 5.63. The molecule has 0 bridgehead atoms. The number of allylic oxidation sites excluding steroid dienone is 5. The molecule has 1 aromatic carbocycles. The Hall–Kier alpha value is -4.14. The van der Waals surface area contributed by atoms with Crippen molar-refractivity contribution >= 4 is 29.0 Å². The summed E-state index contributed by atoms with van der Waals surface area (Å²) in [5.74, 6) is -2.48. The minimum absolute atomic E-state index is 0.0168. The number of imidazole rings is 1. The largest absolute Gasteiger partial charge is 0.402 e. The maximum absolute atomic E-state index is 13.6. The van der Waals surface area contributed by atoms with Crippen LogP contribution in [0.5, 0.6) is 0 Å². The molecule has 32 heavy (non-hydrogen) atoms. The van der Waals surface area contributed by atoms with Crippen LogP contribution in [0.15, 0.2) is 66.8 Å². The number of anilines is 1. The number of aromatic nitrogens is 3. The van der Waals surface area contributed by atoms with E-state index >= 15 is 0 Å². The van der Waals surface area contributed by atoms with E-state index in [1.54, 1.807) is 22.9 Å². The second kappa shape index (κ2) is 8.54. The molecule has 4 rings (SSSR count). The number of hydrogen-bond donors (Lipinski definition) is 2. The van der Waals surface area contributed by atoms with Gasteiger partial charge in [0.25, 0.3) is 5.91 Å². The van der Waals surface area contributed by atoms with Crippen LogP contribution in [-0.2, 0) is 0 Å². The maximum atomic E-state index is 13.6. The fourth-order valence-corrected chi connectivity index (χ4v) is 3.47. The monoisotopic (exact) mass is 434 g/mol. The van der Waals surface area contributed by atoms with Crippen molar-refractivity contribution in [2.24, 2.45) is 11.7 Å². The van der Waals surface area contributed by atoms with Crippen molar-refractivity contribution in [3.63, 3.8) is 0 Å². The van der Waals surface area contributed by atoms with Gasteiger partial charge in [0.05, 0.1) is 18.1 Å². The highest BCUT2D eigenvalue weighted by Crippen LogP contribution is 2.27. The smallest absolute Gasteiger partial charge is 0.278 e. The Morgan fingerprint density at radius 1 is 1.28 bits per heavy atom. The topological polar surface area (TPSA) is 100 Å². The highest BCUT2D eigenvalue weighted by atomic mass is 19.2. The van der Waals surface area contributed by atoms with E-state index in [-0.39, 0.29) is 17.3 Å². The third-order valence-corrected chi connectivity index (χ3v) is 5.31. The molecule has 7 nitrogen and oxygen atoms in total. The predicted molar refractivity (Wildman–Crippen MR) is 118 cm³/mol. The molecule has 0 radical (unpaired) electrons. The van der Waals surface area contributed by atoms with Crippen molar-refractivity contribution in [3.05, 3.63) is 89.8 Å². The van der Waals surface area contributed by atoms with Crippen molar-refractivity contribution in [2.75, 3.05) is 11.9 Å². The molecule has 1 amide bonds. The molecule has 0 saturated heterocycles. The molecule has 1 unspecified atom stereocenters. The first kappa shape index (κ1) is 21.1. The van der Waals surface area contributed by atoms with Gasteiger partial charge in [-0.05, 0) is 30.2 Å². The zero-order valence-electron chi connectivity index (χ0n) is 17.2. The first-order chi connectivity index (χ1) is 15.4. The fraction of sp³-hybridized carbons (Fsp3) is 0.130. The molecule has 0 spiro atoms. The predicted octanol–water partition coefficient (Wildman–Crippen LogP) is 3.74. The molecule has 1 aliphatic carbocycles. The fourth-order valence-electron chi connectivity index (χ4n) is 3.47. The zero-order valence-corrected chi connectivity index (χ0v) is 17.2. The van der Waals surface area contributed by atoms with Crippen LogP contribution in [-0.4, -0.2) is 33.5 Å². The van der Waals surface area contributed by atoms with Gasteiger partial charge in [-0.2, -0.15) is 0 Å². The quantitative estimate of drug-likeness (QED) is 0.598. The van der Waals surface area contributed by atoms with Gasteiger partial charge in [-0.25, -0.2) is 18.7 Å². The summed E-state index contributed by atoms with van der Waals surface area (Å²) in [7, 11) is 1.47. The molecular weight excluding hydrogens is 414 g/mol. The van der Waals surface area contributed by atoms with Crippen LogP contribution in [0.4, 0.5) is 14.5 Å². The third kappa shape index (κ3) is 3.92. The Balaban J connectivity index is 1.63. The molecule has 0 saturated carbocycles. The minimum atomic E-state index is -1.03. The summed E-state index contributed by atoms with van der Waals surface area (Å²) in [5.41, 5.74) is 9.17. The van der Waals surface area contributed by atoms with Gasteiger partial charge < -0.3 is 16.0 Å². The molecule has 2 heterocycles. The molecule has 3 aromatic rings. The van der Waals surface area contributed by atoms with Crippen LogP contribution in [0, 0.1) is 23.0 Å². The van der Waals surface area contributed by atoms with Crippen molar-refractivity contribution in [1.29, 1.82) is 5.41 Å². The average molecular weight is 434 g/mol. The summed E-state index contributed by atoms with van der Waals surface area (Å²) in [6.45, 7) is 0. The van der Waals surface area contributed by atoms with E-state index in [2.05, 4.69) is 9.97 Å². The van der Waals surface area contributed by atoms with Gasteiger partial charge in [0.2, 0.25) is 0 Å².